The lowest BCUT2D eigenvalue weighted by Gasteiger charge is -2.16. The van der Waals surface area contributed by atoms with Gasteiger partial charge in [-0.15, -0.1) is 0 Å². The first-order chi connectivity index (χ1) is 11.6. The minimum absolute atomic E-state index is 0.386. The van der Waals surface area contributed by atoms with Gasteiger partial charge in [-0.05, 0) is 36.8 Å². The third-order valence-electron chi connectivity index (χ3n) is 3.89. The molecular formula is C19H19ClN2O2. The van der Waals surface area contributed by atoms with E-state index in [4.69, 9.17) is 16.3 Å². The van der Waals surface area contributed by atoms with Gasteiger partial charge in [0.2, 0.25) is 0 Å². The van der Waals surface area contributed by atoms with Gasteiger partial charge < -0.3 is 15.2 Å². The summed E-state index contributed by atoms with van der Waals surface area (Å²) in [6, 6.07) is 15.0. The summed E-state index contributed by atoms with van der Waals surface area (Å²) in [7, 11) is 1.64. The van der Waals surface area contributed by atoms with E-state index in [0.717, 1.165) is 33.6 Å². The van der Waals surface area contributed by atoms with Gasteiger partial charge in [0.25, 0.3) is 0 Å². The molecule has 24 heavy (non-hydrogen) atoms. The highest BCUT2D eigenvalue weighted by Crippen LogP contribution is 2.30. The molecule has 4 nitrogen and oxygen atoms in total. The smallest absolute Gasteiger partial charge is 0.145 e. The third-order valence-corrected chi connectivity index (χ3v) is 4.14. The average molecular weight is 343 g/mol. The molecular weight excluding hydrogens is 324 g/mol. The lowest BCUT2D eigenvalue weighted by Crippen LogP contribution is -2.12. The predicted octanol–water partition coefficient (Wildman–Crippen LogP) is 4.35. The highest BCUT2D eigenvalue weighted by atomic mass is 35.5. The zero-order valence-corrected chi connectivity index (χ0v) is 14.3. The van der Waals surface area contributed by atoms with E-state index in [1.165, 1.54) is 0 Å². The Balaban J connectivity index is 1.86. The minimum atomic E-state index is -0.628. The van der Waals surface area contributed by atoms with Crippen LogP contribution in [-0.4, -0.2) is 23.7 Å². The van der Waals surface area contributed by atoms with Gasteiger partial charge in [-0.1, -0.05) is 35.9 Å². The Morgan fingerprint density at radius 2 is 1.96 bits per heavy atom. The Morgan fingerprint density at radius 1 is 1.21 bits per heavy atom. The molecule has 0 radical (unpaired) electrons. The molecule has 2 N–H and O–H groups in total. The molecule has 0 fully saturated rings. The van der Waals surface area contributed by atoms with Crippen LogP contribution in [0.15, 0.2) is 48.5 Å². The molecule has 0 amide bonds. The molecule has 1 heterocycles. The van der Waals surface area contributed by atoms with Crippen LogP contribution >= 0.6 is 11.6 Å². The fourth-order valence-electron chi connectivity index (χ4n) is 2.67. The number of rotatable bonds is 5. The number of nitrogens with one attached hydrogen (secondary N) is 1. The second-order valence-electron chi connectivity index (χ2n) is 5.62. The predicted molar refractivity (Wildman–Crippen MR) is 97.9 cm³/mol. The molecule has 0 bridgehead atoms. The number of pyridine rings is 1. The van der Waals surface area contributed by atoms with Crippen LogP contribution in [0.4, 0.5) is 5.69 Å². The van der Waals surface area contributed by atoms with Gasteiger partial charge in [-0.3, -0.25) is 0 Å². The molecule has 0 saturated heterocycles. The largest absolute Gasteiger partial charge is 0.494 e. The van der Waals surface area contributed by atoms with Gasteiger partial charge in [0.1, 0.15) is 11.3 Å². The monoisotopic (exact) mass is 342 g/mol. The average Bonchev–Trinajstić information content (AvgIpc) is 2.59. The Morgan fingerprint density at radius 3 is 2.67 bits per heavy atom. The van der Waals surface area contributed by atoms with E-state index in [2.05, 4.69) is 10.3 Å². The Kier molecular flexibility index (Phi) is 4.88. The van der Waals surface area contributed by atoms with Crippen molar-refractivity contribution in [2.45, 2.75) is 13.0 Å². The van der Waals surface area contributed by atoms with Crippen molar-refractivity contribution in [3.8, 4) is 5.75 Å². The fraction of sp³-hybridized carbons (Fsp3) is 0.211. The summed E-state index contributed by atoms with van der Waals surface area (Å²) in [4.78, 5) is 4.56. The lowest BCUT2D eigenvalue weighted by atomic mass is 10.1. The van der Waals surface area contributed by atoms with Crippen molar-refractivity contribution in [2.75, 3.05) is 19.0 Å². The van der Waals surface area contributed by atoms with E-state index in [1.807, 2.05) is 43.3 Å². The van der Waals surface area contributed by atoms with Crippen LogP contribution in [-0.2, 0) is 0 Å². The zero-order chi connectivity index (χ0) is 17.1. The number of benzene rings is 2. The summed E-state index contributed by atoms with van der Waals surface area (Å²) >= 11 is 5.88. The maximum atomic E-state index is 10.4. The number of aliphatic hydroxyl groups is 1. The number of hydrogen-bond donors (Lipinski definition) is 2. The summed E-state index contributed by atoms with van der Waals surface area (Å²) in [5, 5.41) is 15.3. The van der Waals surface area contributed by atoms with Crippen molar-refractivity contribution in [3.63, 3.8) is 0 Å². The molecule has 124 valence electrons. The number of fused-ring (bicyclic) bond motifs is 1. The van der Waals surface area contributed by atoms with E-state index in [-0.39, 0.29) is 0 Å². The van der Waals surface area contributed by atoms with E-state index in [1.54, 1.807) is 19.2 Å². The number of ether oxygens (including phenoxy) is 1. The number of nitrogens with zero attached hydrogens (tertiary/aromatic N) is 1. The van der Waals surface area contributed by atoms with Gasteiger partial charge in [-0.2, -0.15) is 0 Å². The molecule has 0 aliphatic carbocycles. The van der Waals surface area contributed by atoms with Crippen molar-refractivity contribution in [1.82, 2.24) is 4.98 Å². The molecule has 0 spiro atoms. The van der Waals surface area contributed by atoms with Crippen LogP contribution in [0.3, 0.4) is 0 Å². The van der Waals surface area contributed by atoms with Crippen molar-refractivity contribution in [1.29, 1.82) is 0 Å². The van der Waals surface area contributed by atoms with Crippen LogP contribution in [0.5, 0.6) is 5.75 Å². The second-order valence-corrected chi connectivity index (χ2v) is 6.05. The molecule has 0 aliphatic rings. The molecule has 3 aromatic rings. The summed E-state index contributed by atoms with van der Waals surface area (Å²) < 4.78 is 5.39. The molecule has 1 aromatic heterocycles. The number of halogens is 1. The maximum absolute atomic E-state index is 10.4. The number of anilines is 1. The van der Waals surface area contributed by atoms with E-state index >= 15 is 0 Å². The standard InChI is InChI=1S/C19H19ClN2O2/c1-12-10-16(15-4-3-5-18(24-2)19(15)22-12)21-11-17(23)13-6-8-14(20)9-7-13/h3-10,17,23H,11H2,1-2H3,(H,21,22). The van der Waals surface area contributed by atoms with E-state index in [9.17, 15) is 5.11 Å². The normalized spacial score (nSPS) is 12.2. The quantitative estimate of drug-likeness (QED) is 0.723. The lowest BCUT2D eigenvalue weighted by molar-refractivity contribution is 0.191. The molecule has 1 atom stereocenters. The van der Waals surface area contributed by atoms with E-state index in [0.29, 0.717) is 11.6 Å². The third kappa shape index (κ3) is 3.45. The van der Waals surface area contributed by atoms with Crippen LogP contribution in [0, 0.1) is 6.92 Å². The minimum Gasteiger partial charge on any atom is -0.494 e. The molecule has 3 rings (SSSR count). The van der Waals surface area contributed by atoms with Crippen LogP contribution in [0.2, 0.25) is 5.02 Å². The van der Waals surface area contributed by atoms with Crippen molar-refractivity contribution < 1.29 is 9.84 Å². The molecule has 5 heteroatoms. The van der Waals surface area contributed by atoms with Crippen LogP contribution in [0.1, 0.15) is 17.4 Å². The highest BCUT2D eigenvalue weighted by Gasteiger charge is 2.11. The highest BCUT2D eigenvalue weighted by molar-refractivity contribution is 6.30. The van der Waals surface area contributed by atoms with Gasteiger partial charge in [0.05, 0.1) is 13.2 Å². The summed E-state index contributed by atoms with van der Waals surface area (Å²) in [6.45, 7) is 2.32. The number of aromatic nitrogens is 1. The van der Waals surface area contributed by atoms with Crippen LogP contribution < -0.4 is 10.1 Å². The van der Waals surface area contributed by atoms with Gasteiger partial charge in [0, 0.05) is 28.3 Å². The molecule has 2 aromatic carbocycles. The molecule has 0 aliphatic heterocycles. The number of para-hydroxylation sites is 1. The SMILES string of the molecule is COc1cccc2c(NCC(O)c3ccc(Cl)cc3)cc(C)nc12. The van der Waals surface area contributed by atoms with Crippen molar-refractivity contribution >= 4 is 28.2 Å². The number of hydrogen-bond acceptors (Lipinski definition) is 4. The first-order valence-corrected chi connectivity index (χ1v) is 8.08. The first-order valence-electron chi connectivity index (χ1n) is 7.70. The first kappa shape index (κ1) is 16.6. The maximum Gasteiger partial charge on any atom is 0.145 e. The van der Waals surface area contributed by atoms with Gasteiger partial charge in [-0.25, -0.2) is 4.98 Å². The number of methoxy groups -OCH3 is 1. The Labute approximate surface area is 146 Å². The van der Waals surface area contributed by atoms with Crippen molar-refractivity contribution in [2.24, 2.45) is 0 Å². The summed E-state index contributed by atoms with van der Waals surface area (Å²) in [5.41, 5.74) is 3.43. The Hall–Kier alpha value is -2.30. The van der Waals surface area contributed by atoms with Gasteiger partial charge in [0.15, 0.2) is 0 Å². The van der Waals surface area contributed by atoms with Gasteiger partial charge >= 0.3 is 0 Å². The topological polar surface area (TPSA) is 54.4 Å². The van der Waals surface area contributed by atoms with Crippen molar-refractivity contribution in [3.05, 3.63) is 64.8 Å². The Bertz CT molecular complexity index is 850. The fourth-order valence-corrected chi connectivity index (χ4v) is 2.80. The molecule has 1 unspecified atom stereocenters. The summed E-state index contributed by atoms with van der Waals surface area (Å²) in [6.07, 6.45) is -0.628. The summed E-state index contributed by atoms with van der Waals surface area (Å²) in [5.74, 6) is 0.734. The number of aryl methyl sites for hydroxylation is 1. The van der Waals surface area contributed by atoms with E-state index < -0.39 is 6.10 Å². The molecule has 0 saturated carbocycles. The second kappa shape index (κ2) is 7.07. The zero-order valence-electron chi connectivity index (χ0n) is 13.6. The number of aliphatic hydroxyl groups excluding tert-OH is 1. The van der Waals surface area contributed by atoms with Crippen LogP contribution in [0.25, 0.3) is 10.9 Å².